The Bertz CT molecular complexity index is 1570. The first-order valence-corrected chi connectivity index (χ1v) is 13.1. The lowest BCUT2D eigenvalue weighted by Crippen LogP contribution is -2.40. The molecule has 0 saturated carbocycles. The summed E-state index contributed by atoms with van der Waals surface area (Å²) in [5.41, 5.74) is 5.62. The lowest BCUT2D eigenvalue weighted by molar-refractivity contribution is -0.136. The van der Waals surface area contributed by atoms with Gasteiger partial charge in [-0.1, -0.05) is 23.7 Å². The zero-order valence-electron chi connectivity index (χ0n) is 21.4. The lowest BCUT2D eigenvalue weighted by atomic mass is 10.1. The van der Waals surface area contributed by atoms with Gasteiger partial charge in [0.05, 0.1) is 25.4 Å². The number of amides is 3. The van der Waals surface area contributed by atoms with Crippen molar-refractivity contribution in [3.05, 3.63) is 87.0 Å². The Morgan fingerprint density at radius 3 is 2.41 bits per heavy atom. The predicted molar refractivity (Wildman–Crippen MR) is 154 cm³/mol. The number of rotatable bonds is 8. The molecule has 0 aliphatic heterocycles. The number of carbonyl (C=O) groups is 3. The molecule has 0 fully saturated rings. The van der Waals surface area contributed by atoms with Gasteiger partial charge in [0, 0.05) is 21.4 Å². The number of hydrogen-bond acceptors (Lipinski definition) is 5. The Morgan fingerprint density at radius 1 is 0.923 bits per heavy atom. The fraction of sp³-hybridized carbons (Fsp3) is 0.179. The summed E-state index contributed by atoms with van der Waals surface area (Å²) in [6, 6.07) is 17.5. The maximum Gasteiger partial charge on any atom is 0.328 e. The number of halogens is 2. The minimum atomic E-state index is -0.930. The number of methoxy groups -OCH3 is 2. The topological polar surface area (TPSA) is 111 Å². The number of nitrogens with zero attached hydrogens (tertiary/aromatic N) is 1. The van der Waals surface area contributed by atoms with Gasteiger partial charge in [-0.2, -0.15) is 0 Å². The zero-order valence-corrected chi connectivity index (χ0v) is 23.8. The van der Waals surface area contributed by atoms with E-state index >= 15 is 0 Å². The van der Waals surface area contributed by atoms with Crippen LogP contribution in [-0.2, 0) is 16.0 Å². The van der Waals surface area contributed by atoms with E-state index in [2.05, 4.69) is 32.0 Å². The van der Waals surface area contributed by atoms with E-state index < -0.39 is 17.7 Å². The zero-order chi connectivity index (χ0) is 28.1. The van der Waals surface area contributed by atoms with Crippen molar-refractivity contribution in [3.8, 4) is 11.5 Å². The number of ether oxygens (including phenoxy) is 2. The molecule has 202 valence electrons. The highest BCUT2D eigenvalue weighted by molar-refractivity contribution is 9.10. The Morgan fingerprint density at radius 2 is 1.69 bits per heavy atom. The van der Waals surface area contributed by atoms with E-state index in [0.717, 1.165) is 11.1 Å². The second-order valence-electron chi connectivity index (χ2n) is 8.64. The molecule has 0 radical (unpaired) electrons. The van der Waals surface area contributed by atoms with Gasteiger partial charge < -0.3 is 20.1 Å². The number of hydrogen-bond donors (Lipinski definition) is 3. The molecule has 3 aromatic carbocycles. The molecule has 4 rings (SSSR count). The third-order valence-corrected chi connectivity index (χ3v) is 6.83. The first-order chi connectivity index (χ1) is 18.7. The van der Waals surface area contributed by atoms with Crippen molar-refractivity contribution in [1.29, 1.82) is 0 Å². The van der Waals surface area contributed by atoms with Crippen molar-refractivity contribution in [1.82, 2.24) is 9.99 Å². The van der Waals surface area contributed by atoms with E-state index in [1.54, 1.807) is 56.7 Å². The monoisotopic (exact) mass is 612 g/mol. The molecular weight excluding hydrogens is 588 g/mol. The number of aromatic nitrogens is 1. The van der Waals surface area contributed by atoms with Crippen LogP contribution in [0.15, 0.2) is 65.1 Å². The second-order valence-corrected chi connectivity index (χ2v) is 9.93. The molecular formula is C28H26BrClN4O5. The molecule has 11 heteroatoms. The number of anilines is 1. The van der Waals surface area contributed by atoms with Crippen LogP contribution in [0.2, 0.25) is 5.02 Å². The van der Waals surface area contributed by atoms with Crippen LogP contribution in [0, 0.1) is 6.92 Å². The minimum Gasteiger partial charge on any atom is -0.493 e. The standard InChI is InChI=1S/C28H26BrClN4O5/c1-16-4-7-21(20(29)12-16)32-26(35)23-15-18-14-19(30)6-8-22(18)34(23)33-28(37)27(36)31-11-10-17-5-9-24(38-2)25(13-17)39-3/h4-9,12-15H,10-11H2,1-3H3,(H,31,36)(H,32,35)(H,33,37). The fourth-order valence-electron chi connectivity index (χ4n) is 3.97. The normalized spacial score (nSPS) is 10.7. The van der Waals surface area contributed by atoms with Crippen LogP contribution in [0.25, 0.3) is 10.9 Å². The van der Waals surface area contributed by atoms with E-state index in [9.17, 15) is 14.4 Å². The van der Waals surface area contributed by atoms with E-state index in [4.69, 9.17) is 21.1 Å². The van der Waals surface area contributed by atoms with E-state index in [1.165, 1.54) is 4.68 Å². The number of nitrogens with one attached hydrogen (secondary N) is 3. The van der Waals surface area contributed by atoms with Crippen molar-refractivity contribution >= 4 is 61.8 Å². The Labute approximate surface area is 238 Å². The molecule has 0 aliphatic rings. The lowest BCUT2D eigenvalue weighted by Gasteiger charge is -2.14. The molecule has 9 nitrogen and oxygen atoms in total. The number of carbonyl (C=O) groups excluding carboxylic acids is 3. The average molecular weight is 614 g/mol. The van der Waals surface area contributed by atoms with Gasteiger partial charge in [0.25, 0.3) is 5.91 Å². The second kappa shape index (κ2) is 12.2. The molecule has 0 unspecified atom stereocenters. The third-order valence-electron chi connectivity index (χ3n) is 5.94. The summed E-state index contributed by atoms with van der Waals surface area (Å²) in [4.78, 5) is 38.7. The summed E-state index contributed by atoms with van der Waals surface area (Å²) in [5, 5.41) is 6.52. The maximum absolute atomic E-state index is 13.2. The van der Waals surface area contributed by atoms with Gasteiger partial charge in [-0.25, -0.2) is 4.68 Å². The molecule has 39 heavy (non-hydrogen) atoms. The van der Waals surface area contributed by atoms with Crippen molar-refractivity contribution in [2.45, 2.75) is 13.3 Å². The molecule has 0 atom stereocenters. The first kappa shape index (κ1) is 28.0. The Kier molecular flexibility index (Phi) is 8.78. The molecule has 3 amide bonds. The van der Waals surface area contributed by atoms with Crippen LogP contribution in [0.5, 0.6) is 11.5 Å². The van der Waals surface area contributed by atoms with Gasteiger partial charge in [-0.05, 0) is 88.9 Å². The molecule has 4 aromatic rings. The van der Waals surface area contributed by atoms with E-state index in [1.807, 2.05) is 25.1 Å². The highest BCUT2D eigenvalue weighted by Crippen LogP contribution is 2.28. The molecule has 3 N–H and O–H groups in total. The summed E-state index contributed by atoms with van der Waals surface area (Å²) >= 11 is 9.59. The van der Waals surface area contributed by atoms with Gasteiger partial charge >= 0.3 is 11.8 Å². The summed E-state index contributed by atoms with van der Waals surface area (Å²) in [7, 11) is 3.09. The Balaban J connectivity index is 1.49. The number of fused-ring (bicyclic) bond motifs is 1. The van der Waals surface area contributed by atoms with E-state index in [0.29, 0.717) is 44.0 Å². The molecule has 1 heterocycles. The largest absolute Gasteiger partial charge is 0.493 e. The number of aryl methyl sites for hydroxylation is 1. The molecule has 0 aliphatic carbocycles. The highest BCUT2D eigenvalue weighted by Gasteiger charge is 2.21. The molecule has 0 bridgehead atoms. The van der Waals surface area contributed by atoms with Gasteiger partial charge in [0.1, 0.15) is 5.69 Å². The van der Waals surface area contributed by atoms with Crippen LogP contribution in [0.3, 0.4) is 0 Å². The molecule has 0 spiro atoms. The first-order valence-electron chi connectivity index (χ1n) is 11.9. The quantitative estimate of drug-likeness (QED) is 0.241. The predicted octanol–water partition coefficient (Wildman–Crippen LogP) is 5.06. The summed E-state index contributed by atoms with van der Waals surface area (Å²) < 4.78 is 12.5. The maximum atomic E-state index is 13.2. The van der Waals surface area contributed by atoms with Gasteiger partial charge in [-0.3, -0.25) is 19.8 Å². The summed E-state index contributed by atoms with van der Waals surface area (Å²) in [6.07, 6.45) is 0.462. The van der Waals surface area contributed by atoms with Crippen LogP contribution in [0.1, 0.15) is 21.6 Å². The van der Waals surface area contributed by atoms with E-state index in [-0.39, 0.29) is 12.2 Å². The van der Waals surface area contributed by atoms with Gasteiger partial charge in [0.2, 0.25) is 0 Å². The smallest absolute Gasteiger partial charge is 0.328 e. The fourth-order valence-corrected chi connectivity index (χ4v) is 4.74. The van der Waals surface area contributed by atoms with Crippen molar-refractivity contribution in [2.24, 2.45) is 0 Å². The third kappa shape index (κ3) is 6.52. The Hall–Kier alpha value is -4.02. The van der Waals surface area contributed by atoms with Crippen molar-refractivity contribution < 1.29 is 23.9 Å². The number of benzene rings is 3. The molecule has 1 aromatic heterocycles. The van der Waals surface area contributed by atoms with Crippen LogP contribution in [0.4, 0.5) is 5.69 Å². The summed E-state index contributed by atoms with van der Waals surface area (Å²) in [5.74, 6) is -1.10. The van der Waals surface area contributed by atoms with Crippen LogP contribution in [-0.4, -0.2) is 43.2 Å². The SMILES string of the molecule is COc1ccc(CCNC(=O)C(=O)Nn2c(C(=O)Nc3ccc(C)cc3Br)cc3cc(Cl)ccc32)cc1OC. The van der Waals surface area contributed by atoms with Gasteiger partial charge in [0.15, 0.2) is 11.5 Å². The summed E-state index contributed by atoms with van der Waals surface area (Å²) in [6.45, 7) is 2.14. The highest BCUT2D eigenvalue weighted by atomic mass is 79.9. The minimum absolute atomic E-state index is 0.117. The van der Waals surface area contributed by atoms with Crippen LogP contribution >= 0.6 is 27.5 Å². The van der Waals surface area contributed by atoms with Crippen molar-refractivity contribution in [2.75, 3.05) is 31.5 Å². The molecule has 0 saturated heterocycles. The van der Waals surface area contributed by atoms with Crippen molar-refractivity contribution in [3.63, 3.8) is 0 Å². The van der Waals surface area contributed by atoms with Crippen LogP contribution < -0.4 is 25.5 Å². The average Bonchev–Trinajstić information content (AvgIpc) is 3.27. The van der Waals surface area contributed by atoms with Gasteiger partial charge in [-0.15, -0.1) is 0 Å².